The van der Waals surface area contributed by atoms with Gasteiger partial charge in [-0.3, -0.25) is 0 Å². The molecule has 0 saturated carbocycles. The topological polar surface area (TPSA) is 66.8 Å². The Balaban J connectivity index is 2.81. The number of ether oxygens (including phenoxy) is 1. The molecule has 1 aromatic carbocycles. The second-order valence-electron chi connectivity index (χ2n) is 3.60. The maximum absolute atomic E-state index is 12.0. The lowest BCUT2D eigenvalue weighted by Gasteiger charge is -2.16. The van der Waals surface area contributed by atoms with E-state index < -0.39 is 24.9 Å². The van der Waals surface area contributed by atoms with Gasteiger partial charge >= 0.3 is 12.1 Å². The van der Waals surface area contributed by atoms with E-state index in [0.29, 0.717) is 0 Å². The van der Waals surface area contributed by atoms with Gasteiger partial charge in [0, 0.05) is 5.56 Å². The first-order valence-electron chi connectivity index (χ1n) is 4.94. The Morgan fingerprint density at radius 3 is 2.56 bits per heavy atom. The van der Waals surface area contributed by atoms with Crippen LogP contribution in [-0.4, -0.2) is 35.1 Å². The molecule has 1 aromatic rings. The molecule has 18 heavy (non-hydrogen) atoms. The van der Waals surface area contributed by atoms with Crippen LogP contribution in [0.3, 0.4) is 0 Å². The van der Waals surface area contributed by atoms with E-state index in [1.54, 1.807) is 0 Å². The van der Waals surface area contributed by atoms with Gasteiger partial charge in [-0.2, -0.15) is 13.2 Å². The average Bonchev–Trinajstić information content (AvgIpc) is 2.25. The lowest BCUT2D eigenvalue weighted by atomic mass is 10.1. The molecular formula is C11H11F3O4. The third-order valence-electron chi connectivity index (χ3n) is 2.29. The predicted octanol–water partition coefficient (Wildman–Crippen LogP) is 2.00. The van der Waals surface area contributed by atoms with Crippen LogP contribution in [0.5, 0.6) is 5.75 Å². The Kier molecular flexibility index (Phi) is 4.18. The van der Waals surface area contributed by atoms with Gasteiger partial charge in [0.1, 0.15) is 12.4 Å². The third kappa shape index (κ3) is 3.36. The quantitative estimate of drug-likeness (QED) is 0.872. The number of aromatic carboxylic acids is 1. The number of rotatable bonds is 4. The Morgan fingerprint density at radius 2 is 2.06 bits per heavy atom. The van der Waals surface area contributed by atoms with Gasteiger partial charge in [-0.1, -0.05) is 6.07 Å². The molecule has 0 aliphatic heterocycles. The van der Waals surface area contributed by atoms with Gasteiger partial charge in [-0.25, -0.2) is 4.79 Å². The molecule has 0 aliphatic rings. The predicted molar refractivity (Wildman–Crippen MR) is 55.7 cm³/mol. The molecule has 4 nitrogen and oxygen atoms in total. The molecule has 0 heterocycles. The van der Waals surface area contributed by atoms with Crippen molar-refractivity contribution in [1.82, 2.24) is 0 Å². The first kappa shape index (κ1) is 14.3. The molecule has 0 aromatic heterocycles. The van der Waals surface area contributed by atoms with Gasteiger partial charge in [0.15, 0.2) is 6.10 Å². The highest BCUT2D eigenvalue weighted by Crippen LogP contribution is 2.24. The maximum atomic E-state index is 12.0. The standard InChI is InChI=1S/C11H11F3O4/c1-6-7(10(16)17)3-2-4-8(6)18-5-9(15)11(12,13)14/h2-4,9,15H,5H2,1H3,(H,16,17). The van der Waals surface area contributed by atoms with Crippen LogP contribution in [0.2, 0.25) is 0 Å². The van der Waals surface area contributed by atoms with Gasteiger partial charge in [-0.05, 0) is 19.1 Å². The van der Waals surface area contributed by atoms with Crippen molar-refractivity contribution in [1.29, 1.82) is 0 Å². The maximum Gasteiger partial charge on any atom is 0.417 e. The lowest BCUT2D eigenvalue weighted by Crippen LogP contribution is -2.34. The summed E-state index contributed by atoms with van der Waals surface area (Å²) in [6.45, 7) is 0.437. The highest BCUT2D eigenvalue weighted by Gasteiger charge is 2.38. The number of aliphatic hydroxyl groups is 1. The number of aliphatic hydroxyl groups excluding tert-OH is 1. The Hall–Kier alpha value is -1.76. The zero-order valence-corrected chi connectivity index (χ0v) is 9.36. The van der Waals surface area contributed by atoms with Crippen molar-refractivity contribution in [2.24, 2.45) is 0 Å². The third-order valence-corrected chi connectivity index (χ3v) is 2.29. The van der Waals surface area contributed by atoms with Crippen LogP contribution in [0.25, 0.3) is 0 Å². The highest BCUT2D eigenvalue weighted by molar-refractivity contribution is 5.90. The Bertz CT molecular complexity index is 442. The van der Waals surface area contributed by atoms with Crippen molar-refractivity contribution in [2.45, 2.75) is 19.2 Å². The normalized spacial score (nSPS) is 13.2. The minimum atomic E-state index is -4.77. The molecule has 0 spiro atoms. The molecule has 100 valence electrons. The molecule has 1 unspecified atom stereocenters. The minimum Gasteiger partial charge on any atom is -0.490 e. The lowest BCUT2D eigenvalue weighted by molar-refractivity contribution is -0.210. The van der Waals surface area contributed by atoms with Crippen molar-refractivity contribution in [3.63, 3.8) is 0 Å². The van der Waals surface area contributed by atoms with Gasteiger partial charge in [0.2, 0.25) is 0 Å². The van der Waals surface area contributed by atoms with Crippen LogP contribution in [-0.2, 0) is 0 Å². The number of carbonyl (C=O) groups is 1. The number of carboxylic acid groups (broad SMARTS) is 1. The average molecular weight is 264 g/mol. The monoisotopic (exact) mass is 264 g/mol. The Labute approximate surface area is 101 Å². The summed E-state index contributed by atoms with van der Waals surface area (Å²) in [5.41, 5.74) is 0.147. The first-order chi connectivity index (χ1) is 8.23. The summed E-state index contributed by atoms with van der Waals surface area (Å²) in [7, 11) is 0. The van der Waals surface area contributed by atoms with Gasteiger partial charge in [0.05, 0.1) is 5.56 Å². The van der Waals surface area contributed by atoms with Crippen molar-refractivity contribution in [2.75, 3.05) is 6.61 Å². The summed E-state index contributed by atoms with van der Waals surface area (Å²) < 4.78 is 40.9. The van der Waals surface area contributed by atoms with Crippen molar-refractivity contribution >= 4 is 5.97 Å². The number of halogens is 3. The number of alkyl halides is 3. The van der Waals surface area contributed by atoms with E-state index in [-0.39, 0.29) is 16.9 Å². The molecule has 0 bridgehead atoms. The molecule has 0 fully saturated rings. The van der Waals surface area contributed by atoms with Crippen LogP contribution >= 0.6 is 0 Å². The summed E-state index contributed by atoms with van der Waals surface area (Å²) >= 11 is 0. The number of hydrogen-bond donors (Lipinski definition) is 2. The van der Waals surface area contributed by atoms with Crippen LogP contribution < -0.4 is 4.74 Å². The van der Waals surface area contributed by atoms with E-state index in [1.807, 2.05) is 0 Å². The van der Waals surface area contributed by atoms with Crippen molar-refractivity contribution in [3.05, 3.63) is 29.3 Å². The van der Waals surface area contributed by atoms with E-state index >= 15 is 0 Å². The molecule has 0 aliphatic carbocycles. The zero-order chi connectivity index (χ0) is 13.9. The summed E-state index contributed by atoms with van der Waals surface area (Å²) in [5, 5.41) is 17.6. The van der Waals surface area contributed by atoms with E-state index in [4.69, 9.17) is 14.9 Å². The van der Waals surface area contributed by atoms with Gasteiger partial charge in [0.25, 0.3) is 0 Å². The van der Waals surface area contributed by atoms with Crippen molar-refractivity contribution < 1.29 is 32.9 Å². The molecule has 1 atom stereocenters. The summed E-state index contributed by atoms with van der Waals surface area (Å²) in [5.74, 6) is -1.20. The van der Waals surface area contributed by atoms with Gasteiger partial charge < -0.3 is 14.9 Å². The van der Waals surface area contributed by atoms with E-state index in [2.05, 4.69) is 0 Å². The van der Waals surface area contributed by atoms with Crippen LogP contribution in [0, 0.1) is 6.92 Å². The number of benzene rings is 1. The number of carboxylic acids is 1. The molecule has 2 N–H and O–H groups in total. The summed E-state index contributed by atoms with van der Waals surface area (Å²) in [4.78, 5) is 10.8. The summed E-state index contributed by atoms with van der Waals surface area (Å²) in [6, 6.07) is 4.00. The minimum absolute atomic E-state index is 0.00167. The molecule has 0 amide bonds. The Morgan fingerprint density at radius 1 is 1.44 bits per heavy atom. The fraction of sp³-hybridized carbons (Fsp3) is 0.364. The number of hydrogen-bond acceptors (Lipinski definition) is 3. The molecular weight excluding hydrogens is 253 g/mol. The van der Waals surface area contributed by atoms with Crippen molar-refractivity contribution in [3.8, 4) is 5.75 Å². The molecule has 0 radical (unpaired) electrons. The second kappa shape index (κ2) is 5.26. The van der Waals surface area contributed by atoms with E-state index in [1.165, 1.54) is 25.1 Å². The van der Waals surface area contributed by atoms with Crippen LogP contribution in [0.4, 0.5) is 13.2 Å². The van der Waals surface area contributed by atoms with Crippen LogP contribution in [0.1, 0.15) is 15.9 Å². The zero-order valence-electron chi connectivity index (χ0n) is 9.36. The highest BCUT2D eigenvalue weighted by atomic mass is 19.4. The second-order valence-corrected chi connectivity index (χ2v) is 3.60. The SMILES string of the molecule is Cc1c(OCC(O)C(F)(F)F)cccc1C(=O)O. The summed E-state index contributed by atoms with van der Waals surface area (Å²) in [6.07, 6.45) is -7.37. The molecule has 7 heteroatoms. The fourth-order valence-electron chi connectivity index (χ4n) is 1.27. The molecule has 0 saturated heterocycles. The smallest absolute Gasteiger partial charge is 0.417 e. The van der Waals surface area contributed by atoms with E-state index in [9.17, 15) is 18.0 Å². The van der Waals surface area contributed by atoms with Gasteiger partial charge in [-0.15, -0.1) is 0 Å². The largest absolute Gasteiger partial charge is 0.490 e. The first-order valence-corrected chi connectivity index (χ1v) is 4.94. The van der Waals surface area contributed by atoms with Crippen LogP contribution in [0.15, 0.2) is 18.2 Å². The fourth-order valence-corrected chi connectivity index (χ4v) is 1.27. The molecule has 1 rings (SSSR count). The van der Waals surface area contributed by atoms with E-state index in [0.717, 1.165) is 0 Å².